The van der Waals surface area contributed by atoms with Crippen molar-refractivity contribution >= 4 is 11.6 Å². The van der Waals surface area contributed by atoms with Crippen LogP contribution in [-0.2, 0) is 18.4 Å². The maximum absolute atomic E-state index is 5.93. The zero-order valence-electron chi connectivity index (χ0n) is 11.1. The second-order valence-corrected chi connectivity index (χ2v) is 4.54. The van der Waals surface area contributed by atoms with Crippen LogP contribution in [0.3, 0.4) is 0 Å². The normalized spacial score (nSPS) is 10.9. The highest BCUT2D eigenvalue weighted by Crippen LogP contribution is 2.22. The number of halogens is 1. The Morgan fingerprint density at radius 3 is 3.00 bits per heavy atom. The highest BCUT2D eigenvalue weighted by molar-refractivity contribution is 6.29. The first-order chi connectivity index (χ1) is 9.22. The molecule has 0 spiro atoms. The monoisotopic (exact) mass is 280 g/mol. The molecule has 0 radical (unpaired) electrons. The van der Waals surface area contributed by atoms with E-state index < -0.39 is 0 Å². The van der Waals surface area contributed by atoms with Gasteiger partial charge in [0.25, 0.3) is 0 Å². The minimum atomic E-state index is 0.464. The smallest absolute Gasteiger partial charge is 0.129 e. The summed E-state index contributed by atoms with van der Waals surface area (Å²) in [6.07, 6.45) is 1.76. The Balaban J connectivity index is 2.18. The van der Waals surface area contributed by atoms with Crippen LogP contribution in [-0.4, -0.2) is 34.7 Å². The number of rotatable bonds is 6. The SMILES string of the molecule is CNCCOCc1ncn(C)c1-c1cccc(Cl)n1. The molecule has 2 aromatic heterocycles. The number of hydrogen-bond donors (Lipinski definition) is 1. The molecule has 0 bridgehead atoms. The van der Waals surface area contributed by atoms with Gasteiger partial charge in [0.05, 0.1) is 36.6 Å². The molecule has 0 amide bonds. The van der Waals surface area contributed by atoms with Gasteiger partial charge in [-0.05, 0) is 19.2 Å². The second-order valence-electron chi connectivity index (χ2n) is 4.15. The number of pyridine rings is 1. The van der Waals surface area contributed by atoms with E-state index in [0.717, 1.165) is 23.6 Å². The second kappa shape index (κ2) is 6.65. The molecule has 0 aliphatic carbocycles. The fourth-order valence-corrected chi connectivity index (χ4v) is 1.96. The molecule has 0 saturated heterocycles. The van der Waals surface area contributed by atoms with Crippen LogP contribution < -0.4 is 5.32 Å². The number of hydrogen-bond acceptors (Lipinski definition) is 4. The van der Waals surface area contributed by atoms with E-state index in [-0.39, 0.29) is 0 Å². The van der Waals surface area contributed by atoms with Gasteiger partial charge >= 0.3 is 0 Å². The summed E-state index contributed by atoms with van der Waals surface area (Å²) in [6, 6.07) is 5.55. The molecule has 0 saturated carbocycles. The molecule has 5 nitrogen and oxygen atoms in total. The number of imidazole rings is 1. The largest absolute Gasteiger partial charge is 0.374 e. The molecule has 0 aliphatic heterocycles. The van der Waals surface area contributed by atoms with E-state index >= 15 is 0 Å². The highest BCUT2D eigenvalue weighted by atomic mass is 35.5. The Bertz CT molecular complexity index is 541. The van der Waals surface area contributed by atoms with Crippen molar-refractivity contribution in [2.75, 3.05) is 20.2 Å². The van der Waals surface area contributed by atoms with E-state index in [9.17, 15) is 0 Å². The summed E-state index contributed by atoms with van der Waals surface area (Å²) in [7, 11) is 3.83. The molecule has 0 aromatic carbocycles. The molecule has 0 atom stereocenters. The maximum Gasteiger partial charge on any atom is 0.129 e. The topological polar surface area (TPSA) is 52.0 Å². The Kier molecular flexibility index (Phi) is 4.90. The quantitative estimate of drug-likeness (QED) is 0.648. The number of ether oxygens (including phenoxy) is 1. The van der Waals surface area contributed by atoms with Crippen LogP contribution in [0.2, 0.25) is 5.15 Å². The summed E-state index contributed by atoms with van der Waals surface area (Å²) >= 11 is 5.93. The van der Waals surface area contributed by atoms with Crippen LogP contribution in [0.4, 0.5) is 0 Å². The number of nitrogens with one attached hydrogen (secondary N) is 1. The average molecular weight is 281 g/mol. The van der Waals surface area contributed by atoms with Crippen molar-refractivity contribution in [1.82, 2.24) is 19.9 Å². The summed E-state index contributed by atoms with van der Waals surface area (Å²) in [4.78, 5) is 8.67. The lowest BCUT2D eigenvalue weighted by atomic mass is 10.2. The summed E-state index contributed by atoms with van der Waals surface area (Å²) < 4.78 is 7.49. The first kappa shape index (κ1) is 14.0. The van der Waals surface area contributed by atoms with Gasteiger partial charge in [-0.15, -0.1) is 0 Å². The molecule has 102 valence electrons. The molecule has 2 aromatic rings. The van der Waals surface area contributed by atoms with Crippen molar-refractivity contribution in [2.24, 2.45) is 7.05 Å². The lowest BCUT2D eigenvalue weighted by Gasteiger charge is -2.07. The first-order valence-electron chi connectivity index (χ1n) is 6.08. The van der Waals surface area contributed by atoms with Crippen molar-refractivity contribution in [1.29, 1.82) is 0 Å². The van der Waals surface area contributed by atoms with Crippen molar-refractivity contribution in [2.45, 2.75) is 6.61 Å². The van der Waals surface area contributed by atoms with Crippen molar-refractivity contribution < 1.29 is 4.74 Å². The standard InChI is InChI=1S/C13H17ClN4O/c1-15-6-7-19-8-11-13(18(2)9-16-11)10-4-3-5-12(14)17-10/h3-5,9,15H,6-8H2,1-2H3. The van der Waals surface area contributed by atoms with Gasteiger partial charge < -0.3 is 14.6 Å². The summed E-state index contributed by atoms with van der Waals surface area (Å²) in [5, 5.41) is 3.51. The highest BCUT2D eigenvalue weighted by Gasteiger charge is 2.12. The Morgan fingerprint density at radius 1 is 1.42 bits per heavy atom. The Labute approximate surface area is 117 Å². The van der Waals surface area contributed by atoms with Crippen LogP contribution in [0.25, 0.3) is 11.4 Å². The van der Waals surface area contributed by atoms with Crippen LogP contribution >= 0.6 is 11.6 Å². The molecule has 2 heterocycles. The van der Waals surface area contributed by atoms with Gasteiger partial charge in [0.15, 0.2) is 0 Å². The van der Waals surface area contributed by atoms with E-state index in [1.807, 2.05) is 30.8 Å². The molecule has 19 heavy (non-hydrogen) atoms. The lowest BCUT2D eigenvalue weighted by Crippen LogP contribution is -2.14. The van der Waals surface area contributed by atoms with Crippen LogP contribution in [0.15, 0.2) is 24.5 Å². The van der Waals surface area contributed by atoms with E-state index in [0.29, 0.717) is 18.4 Å². The van der Waals surface area contributed by atoms with Gasteiger partial charge in [0, 0.05) is 13.6 Å². The number of nitrogens with zero attached hydrogens (tertiary/aromatic N) is 3. The molecule has 2 rings (SSSR count). The van der Waals surface area contributed by atoms with E-state index in [2.05, 4.69) is 15.3 Å². The fourth-order valence-electron chi connectivity index (χ4n) is 1.80. The molecule has 0 aliphatic rings. The van der Waals surface area contributed by atoms with E-state index in [1.165, 1.54) is 0 Å². The van der Waals surface area contributed by atoms with E-state index in [1.54, 1.807) is 12.4 Å². The fraction of sp³-hybridized carbons (Fsp3) is 0.385. The van der Waals surface area contributed by atoms with Gasteiger partial charge in [-0.2, -0.15) is 0 Å². The zero-order chi connectivity index (χ0) is 13.7. The summed E-state index contributed by atoms with van der Waals surface area (Å²) in [5.74, 6) is 0. The third-order valence-corrected chi connectivity index (χ3v) is 2.92. The molecular weight excluding hydrogens is 264 g/mol. The minimum Gasteiger partial charge on any atom is -0.374 e. The summed E-state index contributed by atoms with van der Waals surface area (Å²) in [6.45, 7) is 1.93. The molecule has 6 heteroatoms. The molecule has 0 fully saturated rings. The molecule has 1 N–H and O–H groups in total. The number of aryl methyl sites for hydroxylation is 1. The van der Waals surface area contributed by atoms with Crippen LogP contribution in [0, 0.1) is 0 Å². The Morgan fingerprint density at radius 2 is 2.26 bits per heavy atom. The van der Waals surface area contributed by atoms with Crippen LogP contribution in [0.1, 0.15) is 5.69 Å². The van der Waals surface area contributed by atoms with Crippen molar-refractivity contribution in [3.63, 3.8) is 0 Å². The van der Waals surface area contributed by atoms with Crippen molar-refractivity contribution in [3.8, 4) is 11.4 Å². The maximum atomic E-state index is 5.93. The third kappa shape index (κ3) is 3.53. The van der Waals surface area contributed by atoms with Crippen LogP contribution in [0.5, 0.6) is 0 Å². The van der Waals surface area contributed by atoms with Gasteiger partial charge in [0.2, 0.25) is 0 Å². The average Bonchev–Trinajstić information content (AvgIpc) is 2.76. The predicted octanol–water partition coefficient (Wildman–Crippen LogP) is 1.87. The minimum absolute atomic E-state index is 0.464. The zero-order valence-corrected chi connectivity index (χ0v) is 11.8. The molecular formula is C13H17ClN4O. The molecule has 0 unspecified atom stereocenters. The summed E-state index contributed by atoms with van der Waals surface area (Å²) in [5.41, 5.74) is 2.61. The number of aromatic nitrogens is 3. The number of likely N-dealkylation sites (N-methyl/N-ethyl adjacent to an activating group) is 1. The predicted molar refractivity (Wildman–Crippen MR) is 75.0 cm³/mol. The van der Waals surface area contributed by atoms with Gasteiger partial charge in [-0.3, -0.25) is 0 Å². The first-order valence-corrected chi connectivity index (χ1v) is 6.45. The Hall–Kier alpha value is -1.43. The van der Waals surface area contributed by atoms with Gasteiger partial charge in [-0.1, -0.05) is 17.7 Å². The van der Waals surface area contributed by atoms with E-state index in [4.69, 9.17) is 16.3 Å². The van der Waals surface area contributed by atoms with Gasteiger partial charge in [0.1, 0.15) is 5.15 Å². The van der Waals surface area contributed by atoms with Gasteiger partial charge in [-0.25, -0.2) is 9.97 Å². The third-order valence-electron chi connectivity index (χ3n) is 2.71. The lowest BCUT2D eigenvalue weighted by molar-refractivity contribution is 0.122. The van der Waals surface area contributed by atoms with Crippen molar-refractivity contribution in [3.05, 3.63) is 35.4 Å².